The van der Waals surface area contributed by atoms with Gasteiger partial charge in [0, 0.05) is 17.4 Å². The maximum atomic E-state index is 12.7. The van der Waals surface area contributed by atoms with Crippen molar-refractivity contribution in [1.29, 1.82) is 5.26 Å². The van der Waals surface area contributed by atoms with Gasteiger partial charge in [-0.15, -0.1) is 0 Å². The van der Waals surface area contributed by atoms with E-state index in [1.54, 1.807) is 38.1 Å². The number of hydrogen-bond donors (Lipinski definition) is 0. The molecule has 1 aliphatic rings. The number of nitriles is 1. The fraction of sp³-hybridized carbons (Fsp3) is 0.323. The largest absolute Gasteiger partial charge is 0.457 e. The Hall–Kier alpha value is -1.71. The molecule has 0 radical (unpaired) electrons. The van der Waals surface area contributed by atoms with Crippen LogP contribution in [0.1, 0.15) is 39.4 Å². The summed E-state index contributed by atoms with van der Waals surface area (Å²) in [7, 11) is 0. The summed E-state index contributed by atoms with van der Waals surface area (Å²) in [4.78, 5) is 16.6. The van der Waals surface area contributed by atoms with Crippen molar-refractivity contribution in [2.45, 2.75) is 33.8 Å². The number of para-hydroxylation sites is 1. The maximum absolute atomic E-state index is 12.7. The van der Waals surface area contributed by atoms with Crippen LogP contribution >= 0.6 is 73.4 Å². The molecular formula is C31H30Br2Cl3N2O6PS. The lowest BCUT2D eigenvalue weighted by Gasteiger charge is -2.20. The molecule has 3 aromatic rings. The number of aromatic nitrogens is 1. The molecule has 0 N–H and O–H groups in total. The van der Waals surface area contributed by atoms with Crippen LogP contribution in [-0.4, -0.2) is 24.2 Å². The Morgan fingerprint density at radius 3 is 2.26 bits per heavy atom. The molecule has 1 aromatic heterocycles. The van der Waals surface area contributed by atoms with Crippen LogP contribution in [-0.2, 0) is 30.4 Å². The number of esters is 1. The van der Waals surface area contributed by atoms with Crippen LogP contribution in [0.15, 0.2) is 70.1 Å². The lowest BCUT2D eigenvalue weighted by molar-refractivity contribution is -0.149. The van der Waals surface area contributed by atoms with Crippen molar-refractivity contribution in [3.63, 3.8) is 0 Å². The Labute approximate surface area is 305 Å². The molecule has 15 heteroatoms. The highest BCUT2D eigenvalue weighted by Crippen LogP contribution is 2.60. The molecule has 46 heavy (non-hydrogen) atoms. The molecule has 0 aliphatic heterocycles. The number of benzene rings is 2. The number of pyridine rings is 1. The number of carbonyl (C=O) groups excluding carboxylic acids is 1. The van der Waals surface area contributed by atoms with Crippen molar-refractivity contribution in [3.05, 3.63) is 90.9 Å². The minimum Gasteiger partial charge on any atom is -0.457 e. The van der Waals surface area contributed by atoms with Gasteiger partial charge < -0.3 is 14.0 Å². The number of halogens is 5. The zero-order valence-corrected chi connectivity index (χ0v) is 32.2. The van der Waals surface area contributed by atoms with Gasteiger partial charge in [-0.3, -0.25) is 13.8 Å². The van der Waals surface area contributed by atoms with E-state index in [1.165, 1.54) is 6.07 Å². The van der Waals surface area contributed by atoms with E-state index >= 15 is 0 Å². The van der Waals surface area contributed by atoms with E-state index in [1.807, 2.05) is 50.3 Å². The fourth-order valence-electron chi connectivity index (χ4n) is 4.30. The van der Waals surface area contributed by atoms with Crippen LogP contribution in [0.25, 0.3) is 0 Å². The zero-order chi connectivity index (χ0) is 34.1. The molecular weight excluding hydrogens is 826 g/mol. The summed E-state index contributed by atoms with van der Waals surface area (Å²) in [6.45, 7) is 5.39. The summed E-state index contributed by atoms with van der Waals surface area (Å²) in [6, 6.07) is 19.9. The quantitative estimate of drug-likeness (QED) is 0.100. The van der Waals surface area contributed by atoms with E-state index in [9.17, 15) is 10.1 Å². The van der Waals surface area contributed by atoms with Crippen LogP contribution in [0.2, 0.25) is 15.2 Å². The van der Waals surface area contributed by atoms with E-state index in [0.717, 1.165) is 3.39 Å². The molecule has 4 rings (SSSR count). The van der Waals surface area contributed by atoms with E-state index in [0.29, 0.717) is 30.3 Å². The summed E-state index contributed by atoms with van der Waals surface area (Å²) in [5.74, 6) is 0.735. The first-order chi connectivity index (χ1) is 21.7. The van der Waals surface area contributed by atoms with Gasteiger partial charge >= 0.3 is 12.7 Å². The highest BCUT2D eigenvalue weighted by atomic mass is 79.9. The van der Waals surface area contributed by atoms with Gasteiger partial charge in [0.1, 0.15) is 22.6 Å². The van der Waals surface area contributed by atoms with Crippen molar-refractivity contribution in [1.82, 2.24) is 4.98 Å². The van der Waals surface area contributed by atoms with Gasteiger partial charge in [-0.1, -0.05) is 85.1 Å². The molecule has 0 unspecified atom stereocenters. The number of hydrogen-bond acceptors (Lipinski definition) is 9. The summed E-state index contributed by atoms with van der Waals surface area (Å²) >= 11 is 29.4. The Kier molecular flexibility index (Phi) is 14.8. The Balaban J connectivity index is 0.000000277. The second-order valence-electron chi connectivity index (χ2n) is 10.1. The standard InChI is InChI=1S/C22H19Br2NO3.C9H11Cl3NO3PS/c1-22(2)17(12-19(23)24)20(22)21(26)28-18(13-25)14-7-6-10-16(11-14)27-15-8-4-3-5-9-15;1-3-14-17(18,15-4-2)16-9-7(11)5-6(10)8(12)13-9/h3-12,17-18,20H,1-2H3;5H,3-4H2,1-2H3/t17-,18+,20-;/m0./s1. The molecule has 1 aliphatic carbocycles. The normalized spacial score (nSPS) is 17.0. The van der Waals surface area contributed by atoms with Crippen molar-refractivity contribution in [2.75, 3.05) is 13.2 Å². The van der Waals surface area contributed by atoms with Crippen LogP contribution in [0, 0.1) is 28.6 Å². The predicted molar refractivity (Wildman–Crippen MR) is 192 cm³/mol. The molecule has 246 valence electrons. The Bertz CT molecular complexity index is 1630. The Morgan fingerprint density at radius 2 is 1.67 bits per heavy atom. The summed E-state index contributed by atoms with van der Waals surface area (Å²) < 4.78 is 28.2. The molecule has 0 spiro atoms. The number of nitrogens with zero attached hydrogens (tertiary/aromatic N) is 2. The zero-order valence-electron chi connectivity index (χ0n) is 25.1. The summed E-state index contributed by atoms with van der Waals surface area (Å²) in [5.41, 5.74) is 0.374. The van der Waals surface area contributed by atoms with Crippen molar-refractivity contribution in [3.8, 4) is 23.4 Å². The van der Waals surface area contributed by atoms with Crippen LogP contribution < -0.4 is 9.26 Å². The lowest BCUT2D eigenvalue weighted by atomic mass is 10.1. The second kappa shape index (κ2) is 17.6. The van der Waals surface area contributed by atoms with Gasteiger partial charge in [-0.2, -0.15) is 10.2 Å². The van der Waals surface area contributed by atoms with E-state index < -0.39 is 12.8 Å². The van der Waals surface area contributed by atoms with E-state index in [2.05, 4.69) is 42.9 Å². The van der Waals surface area contributed by atoms with Gasteiger partial charge in [-0.05, 0) is 87.4 Å². The van der Waals surface area contributed by atoms with Crippen LogP contribution in [0.5, 0.6) is 17.4 Å². The first-order valence-electron chi connectivity index (χ1n) is 13.8. The lowest BCUT2D eigenvalue weighted by Crippen LogP contribution is -2.14. The molecule has 2 aromatic carbocycles. The number of ether oxygens (including phenoxy) is 2. The van der Waals surface area contributed by atoms with Gasteiger partial charge in [0.05, 0.1) is 27.5 Å². The average Bonchev–Trinajstić information content (AvgIpc) is 3.54. The first kappa shape index (κ1) is 38.7. The molecule has 1 fully saturated rings. The first-order valence-corrected chi connectivity index (χ1v) is 19.1. The van der Waals surface area contributed by atoms with Crippen molar-refractivity contribution < 1.29 is 27.8 Å². The molecule has 0 amide bonds. The molecule has 1 heterocycles. The minimum atomic E-state index is -2.92. The Morgan fingerprint density at radius 1 is 1.04 bits per heavy atom. The molecule has 0 bridgehead atoms. The maximum Gasteiger partial charge on any atom is 0.381 e. The summed E-state index contributed by atoms with van der Waals surface area (Å²) in [6.07, 6.45) is 0.960. The van der Waals surface area contributed by atoms with Crippen LogP contribution in [0.3, 0.4) is 0 Å². The third-order valence-corrected chi connectivity index (χ3v) is 10.5. The smallest absolute Gasteiger partial charge is 0.381 e. The number of carbonyl (C=O) groups is 1. The molecule has 0 saturated heterocycles. The highest BCUT2D eigenvalue weighted by Gasteiger charge is 2.61. The van der Waals surface area contributed by atoms with Gasteiger partial charge in [0.25, 0.3) is 0 Å². The van der Waals surface area contributed by atoms with Gasteiger partial charge in [0.2, 0.25) is 12.0 Å². The third-order valence-electron chi connectivity index (χ3n) is 6.59. The topological polar surface area (TPSA) is 99.9 Å². The predicted octanol–water partition coefficient (Wildman–Crippen LogP) is 11.2. The van der Waals surface area contributed by atoms with Gasteiger partial charge in [0.15, 0.2) is 5.15 Å². The third kappa shape index (κ3) is 10.9. The number of allylic oxidation sites excluding steroid dienone is 1. The average molecular weight is 856 g/mol. The highest BCUT2D eigenvalue weighted by molar-refractivity contribution is 9.28. The van der Waals surface area contributed by atoms with Crippen molar-refractivity contribution >= 4 is 91.2 Å². The molecule has 3 atom stereocenters. The van der Waals surface area contributed by atoms with Crippen LogP contribution in [0.4, 0.5) is 0 Å². The summed E-state index contributed by atoms with van der Waals surface area (Å²) in [5, 5.41) is 10.1. The molecule has 8 nitrogen and oxygen atoms in total. The SMILES string of the molecule is CC1(C)[C@H](C(=O)O[C@H](C#N)c2cccc(Oc3ccccc3)c2)[C@@H]1C=C(Br)Br.CCOP(=S)(OCC)Oc1nc(Cl)c(Cl)cc1Cl. The molecule has 1 saturated carbocycles. The minimum absolute atomic E-state index is 0.0521. The van der Waals surface area contributed by atoms with Gasteiger partial charge in [-0.25, -0.2) is 0 Å². The number of rotatable bonds is 12. The second-order valence-corrected chi connectivity index (χ2v) is 17.0. The monoisotopic (exact) mass is 852 g/mol. The fourth-order valence-corrected chi connectivity index (χ4v) is 7.46. The van der Waals surface area contributed by atoms with E-state index in [-0.39, 0.29) is 44.3 Å². The van der Waals surface area contributed by atoms with Crippen molar-refractivity contribution in [2.24, 2.45) is 17.3 Å². The van der Waals surface area contributed by atoms with E-state index in [4.69, 9.17) is 69.7 Å².